The minimum Gasteiger partial charge on any atom is -0.497 e. The number of nitrogens with zero attached hydrogens (tertiary/aromatic N) is 1. The fourth-order valence-electron chi connectivity index (χ4n) is 3.37. The molecule has 1 fully saturated rings. The second kappa shape index (κ2) is 10.5. The van der Waals surface area contributed by atoms with Gasteiger partial charge in [0.15, 0.2) is 0 Å². The zero-order valence-corrected chi connectivity index (χ0v) is 17.6. The van der Waals surface area contributed by atoms with Gasteiger partial charge in [-0.1, -0.05) is 12.1 Å². The number of piperidine rings is 1. The highest BCUT2D eigenvalue weighted by atomic mass is 16.5. The molecule has 2 N–H and O–H groups in total. The molecule has 1 heterocycles. The number of ether oxygens (including phenoxy) is 1. The zero-order valence-electron chi connectivity index (χ0n) is 17.6. The topological polar surface area (TPSA) is 70.7 Å². The fourth-order valence-corrected chi connectivity index (χ4v) is 3.37. The summed E-state index contributed by atoms with van der Waals surface area (Å²) in [5, 5.41) is 5.54. The lowest BCUT2D eigenvalue weighted by Crippen LogP contribution is -2.40. The Hall–Kier alpha value is -3.28. The van der Waals surface area contributed by atoms with Gasteiger partial charge in [-0.3, -0.25) is 9.59 Å². The maximum Gasteiger partial charge on any atom is 0.246 e. The van der Waals surface area contributed by atoms with Crippen LogP contribution in [0.1, 0.15) is 31.7 Å². The number of anilines is 2. The number of amides is 2. The van der Waals surface area contributed by atoms with Gasteiger partial charge < -0.3 is 20.3 Å². The summed E-state index contributed by atoms with van der Waals surface area (Å²) in [6, 6.07) is 14.6. The first-order valence-electron chi connectivity index (χ1n) is 10.3. The Morgan fingerprint density at radius 3 is 2.30 bits per heavy atom. The van der Waals surface area contributed by atoms with Gasteiger partial charge >= 0.3 is 0 Å². The van der Waals surface area contributed by atoms with Gasteiger partial charge in [0, 0.05) is 30.5 Å². The van der Waals surface area contributed by atoms with Crippen LogP contribution in [0.5, 0.6) is 5.75 Å². The number of hydrogen-bond donors (Lipinski definition) is 2. The number of rotatable bonds is 7. The Balaban J connectivity index is 1.48. The lowest BCUT2D eigenvalue weighted by atomic mass is 10.1. The number of nitrogens with one attached hydrogen (secondary N) is 2. The molecule has 0 bridgehead atoms. The van der Waals surface area contributed by atoms with Gasteiger partial charge in [0.1, 0.15) is 11.8 Å². The van der Waals surface area contributed by atoms with E-state index < -0.39 is 6.04 Å². The Labute approximate surface area is 177 Å². The van der Waals surface area contributed by atoms with Crippen LogP contribution >= 0.6 is 0 Å². The van der Waals surface area contributed by atoms with E-state index in [4.69, 9.17) is 4.74 Å². The first-order chi connectivity index (χ1) is 14.5. The molecule has 0 aliphatic carbocycles. The van der Waals surface area contributed by atoms with E-state index in [9.17, 15) is 9.59 Å². The van der Waals surface area contributed by atoms with E-state index in [-0.39, 0.29) is 11.8 Å². The summed E-state index contributed by atoms with van der Waals surface area (Å²) in [6.07, 6.45) is 6.85. The van der Waals surface area contributed by atoms with Crippen LogP contribution in [-0.2, 0) is 9.59 Å². The van der Waals surface area contributed by atoms with E-state index in [1.807, 2.05) is 48.5 Å². The number of carbonyl (C=O) groups excluding carboxylic acids is 2. The second-order valence-corrected chi connectivity index (χ2v) is 7.42. The molecule has 0 aromatic heterocycles. The van der Waals surface area contributed by atoms with E-state index in [0.29, 0.717) is 0 Å². The molecule has 158 valence electrons. The summed E-state index contributed by atoms with van der Waals surface area (Å²) in [7, 11) is 1.60. The van der Waals surface area contributed by atoms with Crippen molar-refractivity contribution >= 4 is 29.3 Å². The van der Waals surface area contributed by atoms with Crippen molar-refractivity contribution in [2.45, 2.75) is 32.2 Å². The third-order valence-electron chi connectivity index (χ3n) is 5.15. The predicted molar refractivity (Wildman–Crippen MR) is 121 cm³/mol. The van der Waals surface area contributed by atoms with E-state index in [1.54, 1.807) is 20.1 Å². The molecular weight excluding hydrogens is 378 g/mol. The summed E-state index contributed by atoms with van der Waals surface area (Å²) in [6.45, 7) is 3.83. The molecular formula is C24H29N3O3. The van der Waals surface area contributed by atoms with Gasteiger partial charge in [0.2, 0.25) is 11.8 Å². The smallest absolute Gasteiger partial charge is 0.246 e. The Morgan fingerprint density at radius 2 is 1.67 bits per heavy atom. The standard InChI is InChI=1S/C24H29N3O3/c1-18(25-23(28)15-8-19-6-13-22(30-2)14-7-19)24(29)26-20-9-11-21(12-10-20)27-16-4-3-5-17-27/h6-15,18H,3-5,16-17H2,1-2H3,(H,25,28)(H,26,29)/b15-8+. The molecule has 30 heavy (non-hydrogen) atoms. The van der Waals surface area contributed by atoms with Crippen LogP contribution < -0.4 is 20.3 Å². The largest absolute Gasteiger partial charge is 0.497 e. The van der Waals surface area contributed by atoms with Crippen LogP contribution in [0.25, 0.3) is 6.08 Å². The summed E-state index contributed by atoms with van der Waals surface area (Å²) in [5.74, 6) is 0.173. The molecule has 0 spiro atoms. The van der Waals surface area contributed by atoms with Crippen LogP contribution in [0.3, 0.4) is 0 Å². The summed E-state index contributed by atoms with van der Waals surface area (Å²) < 4.78 is 5.11. The zero-order chi connectivity index (χ0) is 21.3. The Kier molecular flexibility index (Phi) is 7.49. The van der Waals surface area contributed by atoms with Crippen molar-refractivity contribution in [3.05, 3.63) is 60.2 Å². The van der Waals surface area contributed by atoms with Crippen molar-refractivity contribution in [2.75, 3.05) is 30.4 Å². The van der Waals surface area contributed by atoms with Crippen molar-refractivity contribution in [3.8, 4) is 5.75 Å². The predicted octanol–water partition coefficient (Wildman–Crippen LogP) is 3.84. The van der Waals surface area contributed by atoms with Gasteiger partial charge in [-0.05, 0) is 74.2 Å². The molecule has 0 radical (unpaired) electrons. The second-order valence-electron chi connectivity index (χ2n) is 7.42. The van der Waals surface area contributed by atoms with Gasteiger partial charge in [-0.2, -0.15) is 0 Å². The lowest BCUT2D eigenvalue weighted by Gasteiger charge is -2.28. The molecule has 1 aliphatic rings. The number of benzene rings is 2. The number of hydrogen-bond acceptors (Lipinski definition) is 4. The molecule has 1 aliphatic heterocycles. The Bertz CT molecular complexity index is 870. The normalized spacial score (nSPS) is 14.9. The van der Waals surface area contributed by atoms with Gasteiger partial charge in [-0.15, -0.1) is 0 Å². The highest BCUT2D eigenvalue weighted by molar-refractivity contribution is 5.99. The molecule has 1 unspecified atom stereocenters. The molecule has 2 aromatic carbocycles. The first-order valence-corrected chi connectivity index (χ1v) is 10.3. The quantitative estimate of drug-likeness (QED) is 0.684. The van der Waals surface area contributed by atoms with Crippen LogP contribution in [0.4, 0.5) is 11.4 Å². The monoisotopic (exact) mass is 407 g/mol. The maximum absolute atomic E-state index is 12.4. The molecule has 1 saturated heterocycles. The van der Waals surface area contributed by atoms with Crippen molar-refractivity contribution in [1.82, 2.24) is 5.32 Å². The van der Waals surface area contributed by atoms with Crippen LogP contribution in [0, 0.1) is 0 Å². The molecule has 3 rings (SSSR count). The average Bonchev–Trinajstić information content (AvgIpc) is 2.79. The third kappa shape index (κ3) is 6.11. The third-order valence-corrected chi connectivity index (χ3v) is 5.15. The highest BCUT2D eigenvalue weighted by Gasteiger charge is 2.15. The molecule has 2 amide bonds. The van der Waals surface area contributed by atoms with E-state index >= 15 is 0 Å². The van der Waals surface area contributed by atoms with Gasteiger partial charge in [-0.25, -0.2) is 0 Å². The maximum atomic E-state index is 12.4. The highest BCUT2D eigenvalue weighted by Crippen LogP contribution is 2.21. The minimum absolute atomic E-state index is 0.257. The fraction of sp³-hybridized carbons (Fsp3) is 0.333. The molecule has 1 atom stereocenters. The van der Waals surface area contributed by atoms with Crippen LogP contribution in [0.2, 0.25) is 0 Å². The van der Waals surface area contributed by atoms with E-state index in [2.05, 4.69) is 15.5 Å². The van der Waals surface area contributed by atoms with E-state index in [0.717, 1.165) is 30.1 Å². The SMILES string of the molecule is COc1ccc(/C=C/C(=O)NC(C)C(=O)Nc2ccc(N3CCCCC3)cc2)cc1. The Morgan fingerprint density at radius 1 is 1.00 bits per heavy atom. The van der Waals surface area contributed by atoms with Crippen molar-refractivity contribution in [3.63, 3.8) is 0 Å². The summed E-state index contributed by atoms with van der Waals surface area (Å²) in [5.41, 5.74) is 2.77. The van der Waals surface area contributed by atoms with Gasteiger partial charge in [0.25, 0.3) is 0 Å². The lowest BCUT2D eigenvalue weighted by molar-refractivity contribution is -0.123. The number of methoxy groups -OCH3 is 1. The number of carbonyl (C=O) groups is 2. The van der Waals surface area contributed by atoms with Crippen LogP contribution in [-0.4, -0.2) is 38.1 Å². The van der Waals surface area contributed by atoms with Crippen molar-refractivity contribution < 1.29 is 14.3 Å². The van der Waals surface area contributed by atoms with Gasteiger partial charge in [0.05, 0.1) is 7.11 Å². The van der Waals surface area contributed by atoms with Crippen LogP contribution in [0.15, 0.2) is 54.6 Å². The first kappa shape index (κ1) is 21.4. The van der Waals surface area contributed by atoms with Crippen molar-refractivity contribution in [1.29, 1.82) is 0 Å². The van der Waals surface area contributed by atoms with E-state index in [1.165, 1.54) is 31.0 Å². The summed E-state index contributed by atoms with van der Waals surface area (Å²) in [4.78, 5) is 26.9. The molecule has 6 heteroatoms. The minimum atomic E-state index is -0.653. The molecule has 6 nitrogen and oxygen atoms in total. The van der Waals surface area contributed by atoms with Crippen molar-refractivity contribution in [2.24, 2.45) is 0 Å². The summed E-state index contributed by atoms with van der Waals surface area (Å²) >= 11 is 0. The average molecular weight is 408 g/mol. The molecule has 0 saturated carbocycles. The molecule has 2 aromatic rings.